The van der Waals surface area contributed by atoms with Crippen LogP contribution in [-0.2, 0) is 0 Å². The molecule has 0 aliphatic heterocycles. The number of benzene rings is 1. The first kappa shape index (κ1) is 15.0. The van der Waals surface area contributed by atoms with Crippen LogP contribution >= 0.6 is 0 Å². The third-order valence-corrected chi connectivity index (χ3v) is 4.04. The zero-order valence-electron chi connectivity index (χ0n) is 13.2. The Morgan fingerprint density at radius 3 is 2.75 bits per heavy atom. The standard InChI is InChI=1S/C17H27NO2/c1-5-20-15-9-8-13(11-16(15)19-4)18-14-7-6-10-17(2,3)12-14/h8-9,11,14,18H,5-7,10,12H2,1-4H3. The van der Waals surface area contributed by atoms with Crippen LogP contribution in [0.1, 0.15) is 46.5 Å². The highest BCUT2D eigenvalue weighted by Gasteiger charge is 2.27. The zero-order chi connectivity index (χ0) is 14.6. The predicted molar refractivity (Wildman–Crippen MR) is 83.8 cm³/mol. The highest BCUT2D eigenvalue weighted by atomic mass is 16.5. The maximum atomic E-state index is 5.55. The van der Waals surface area contributed by atoms with E-state index in [-0.39, 0.29) is 0 Å². The minimum Gasteiger partial charge on any atom is -0.493 e. The maximum absolute atomic E-state index is 5.55. The van der Waals surface area contributed by atoms with Crippen molar-refractivity contribution in [1.29, 1.82) is 0 Å². The van der Waals surface area contributed by atoms with Crippen LogP contribution in [0, 0.1) is 5.41 Å². The number of ether oxygens (including phenoxy) is 2. The number of methoxy groups -OCH3 is 1. The van der Waals surface area contributed by atoms with E-state index >= 15 is 0 Å². The fourth-order valence-corrected chi connectivity index (χ4v) is 3.09. The highest BCUT2D eigenvalue weighted by Crippen LogP contribution is 2.37. The van der Waals surface area contributed by atoms with Gasteiger partial charge in [-0.3, -0.25) is 0 Å². The lowest BCUT2D eigenvalue weighted by molar-refractivity contribution is 0.229. The normalized spacial score (nSPS) is 21.3. The van der Waals surface area contributed by atoms with Crippen molar-refractivity contribution in [2.24, 2.45) is 5.41 Å². The third-order valence-electron chi connectivity index (χ3n) is 4.04. The molecule has 0 radical (unpaired) electrons. The molecule has 112 valence electrons. The van der Waals surface area contributed by atoms with Crippen LogP contribution in [0.3, 0.4) is 0 Å². The Kier molecular flexibility index (Phi) is 4.79. The van der Waals surface area contributed by atoms with E-state index in [9.17, 15) is 0 Å². The monoisotopic (exact) mass is 277 g/mol. The van der Waals surface area contributed by atoms with E-state index < -0.39 is 0 Å². The summed E-state index contributed by atoms with van der Waals surface area (Å²) in [5, 5.41) is 3.64. The van der Waals surface area contributed by atoms with Crippen molar-refractivity contribution in [3.05, 3.63) is 18.2 Å². The molecule has 0 bridgehead atoms. The molecule has 0 amide bonds. The van der Waals surface area contributed by atoms with Gasteiger partial charge in [0.15, 0.2) is 11.5 Å². The molecule has 0 aromatic heterocycles. The van der Waals surface area contributed by atoms with Gasteiger partial charge in [0.2, 0.25) is 0 Å². The van der Waals surface area contributed by atoms with Crippen molar-refractivity contribution in [3.8, 4) is 11.5 Å². The van der Waals surface area contributed by atoms with Gasteiger partial charge in [0, 0.05) is 17.8 Å². The largest absolute Gasteiger partial charge is 0.493 e. The fourth-order valence-electron chi connectivity index (χ4n) is 3.09. The topological polar surface area (TPSA) is 30.5 Å². The predicted octanol–water partition coefficient (Wildman–Crippen LogP) is 4.47. The first-order valence-corrected chi connectivity index (χ1v) is 7.61. The second-order valence-corrected chi connectivity index (χ2v) is 6.40. The van der Waals surface area contributed by atoms with Gasteiger partial charge >= 0.3 is 0 Å². The molecule has 1 atom stereocenters. The molecular formula is C17H27NO2. The molecule has 1 aliphatic rings. The van der Waals surface area contributed by atoms with Crippen LogP contribution < -0.4 is 14.8 Å². The SMILES string of the molecule is CCOc1ccc(NC2CCCC(C)(C)C2)cc1OC. The Bertz CT molecular complexity index is 443. The minimum atomic E-state index is 0.450. The molecule has 0 heterocycles. The molecule has 1 N–H and O–H groups in total. The van der Waals surface area contributed by atoms with Crippen molar-refractivity contribution in [3.63, 3.8) is 0 Å². The number of hydrogen-bond donors (Lipinski definition) is 1. The van der Waals surface area contributed by atoms with Crippen LogP contribution in [0.4, 0.5) is 5.69 Å². The maximum Gasteiger partial charge on any atom is 0.162 e. The molecule has 1 aromatic carbocycles. The van der Waals surface area contributed by atoms with E-state index in [0.717, 1.165) is 17.2 Å². The molecule has 1 unspecified atom stereocenters. The van der Waals surface area contributed by atoms with Crippen LogP contribution in [0.2, 0.25) is 0 Å². The molecule has 0 spiro atoms. The van der Waals surface area contributed by atoms with Crippen molar-refractivity contribution < 1.29 is 9.47 Å². The average molecular weight is 277 g/mol. The van der Waals surface area contributed by atoms with Gasteiger partial charge in [0.05, 0.1) is 13.7 Å². The Balaban J connectivity index is 2.06. The van der Waals surface area contributed by atoms with Crippen molar-refractivity contribution >= 4 is 5.69 Å². The van der Waals surface area contributed by atoms with Gasteiger partial charge in [-0.05, 0) is 43.7 Å². The summed E-state index contributed by atoms with van der Waals surface area (Å²) in [5.41, 5.74) is 1.57. The Morgan fingerprint density at radius 2 is 2.10 bits per heavy atom. The quantitative estimate of drug-likeness (QED) is 0.861. The number of hydrogen-bond acceptors (Lipinski definition) is 3. The minimum absolute atomic E-state index is 0.450. The van der Waals surface area contributed by atoms with Gasteiger partial charge in [0.1, 0.15) is 0 Å². The second-order valence-electron chi connectivity index (χ2n) is 6.40. The summed E-state index contributed by atoms with van der Waals surface area (Å²) in [4.78, 5) is 0. The van der Waals surface area contributed by atoms with E-state index in [1.807, 2.05) is 19.1 Å². The summed E-state index contributed by atoms with van der Waals surface area (Å²) in [5.74, 6) is 1.61. The molecule has 1 fully saturated rings. The third kappa shape index (κ3) is 3.81. The van der Waals surface area contributed by atoms with E-state index in [4.69, 9.17) is 9.47 Å². The van der Waals surface area contributed by atoms with Gasteiger partial charge in [0.25, 0.3) is 0 Å². The zero-order valence-corrected chi connectivity index (χ0v) is 13.2. The molecular weight excluding hydrogens is 250 g/mol. The number of nitrogens with one attached hydrogen (secondary N) is 1. The van der Waals surface area contributed by atoms with Crippen molar-refractivity contribution in [1.82, 2.24) is 0 Å². The molecule has 0 saturated heterocycles. The molecule has 1 aliphatic carbocycles. The van der Waals surface area contributed by atoms with Gasteiger partial charge in [-0.2, -0.15) is 0 Å². The molecule has 3 heteroatoms. The number of anilines is 1. The summed E-state index contributed by atoms with van der Waals surface area (Å²) in [6.07, 6.45) is 5.11. The van der Waals surface area contributed by atoms with Crippen LogP contribution in [0.25, 0.3) is 0 Å². The van der Waals surface area contributed by atoms with Gasteiger partial charge < -0.3 is 14.8 Å². The Morgan fingerprint density at radius 1 is 1.30 bits per heavy atom. The smallest absolute Gasteiger partial charge is 0.162 e. The summed E-state index contributed by atoms with van der Waals surface area (Å²) < 4.78 is 11.0. The van der Waals surface area contributed by atoms with Crippen molar-refractivity contribution in [2.75, 3.05) is 19.0 Å². The van der Waals surface area contributed by atoms with Crippen LogP contribution in [0.15, 0.2) is 18.2 Å². The lowest BCUT2D eigenvalue weighted by atomic mass is 9.75. The lowest BCUT2D eigenvalue weighted by Crippen LogP contribution is -2.31. The summed E-state index contributed by atoms with van der Waals surface area (Å²) in [6, 6.07) is 6.65. The summed E-state index contributed by atoms with van der Waals surface area (Å²) in [6.45, 7) is 7.36. The van der Waals surface area contributed by atoms with Crippen molar-refractivity contribution in [2.45, 2.75) is 52.5 Å². The molecule has 1 aromatic rings. The lowest BCUT2D eigenvalue weighted by Gasteiger charge is -2.36. The van der Waals surface area contributed by atoms with Gasteiger partial charge in [-0.1, -0.05) is 20.3 Å². The highest BCUT2D eigenvalue weighted by molar-refractivity contribution is 5.55. The Labute approximate surface area is 122 Å². The molecule has 20 heavy (non-hydrogen) atoms. The average Bonchev–Trinajstić information content (AvgIpc) is 2.39. The van der Waals surface area contributed by atoms with E-state index in [0.29, 0.717) is 18.1 Å². The molecule has 2 rings (SSSR count). The van der Waals surface area contributed by atoms with Gasteiger partial charge in [-0.25, -0.2) is 0 Å². The summed E-state index contributed by atoms with van der Waals surface area (Å²) in [7, 11) is 1.69. The molecule has 1 saturated carbocycles. The van der Waals surface area contributed by atoms with Crippen LogP contribution in [0.5, 0.6) is 11.5 Å². The fraction of sp³-hybridized carbons (Fsp3) is 0.647. The van der Waals surface area contributed by atoms with Gasteiger partial charge in [-0.15, -0.1) is 0 Å². The number of rotatable bonds is 5. The Hall–Kier alpha value is -1.38. The molecule has 3 nitrogen and oxygen atoms in total. The summed E-state index contributed by atoms with van der Waals surface area (Å²) >= 11 is 0. The van der Waals surface area contributed by atoms with E-state index in [1.54, 1.807) is 7.11 Å². The second kappa shape index (κ2) is 6.38. The van der Waals surface area contributed by atoms with E-state index in [2.05, 4.69) is 25.2 Å². The van der Waals surface area contributed by atoms with Crippen LogP contribution in [-0.4, -0.2) is 19.8 Å². The van der Waals surface area contributed by atoms with E-state index in [1.165, 1.54) is 25.7 Å². The first-order chi connectivity index (χ1) is 9.54. The first-order valence-electron chi connectivity index (χ1n) is 7.61.